The number of piperidine rings is 2. The fraction of sp³-hybridized carbons (Fsp3) is 0.619. The summed E-state index contributed by atoms with van der Waals surface area (Å²) >= 11 is 0. The standard InChI is InChI=1S/C21H30N2O4/c1-27-18-5-2-4-17(14-18)6-7-19(25)22-11-3-9-21(15-22)10-8-20(26)23(16-21)12-13-24/h2,4-5,14,24H,3,6-13,15-16H2,1H3/t21-/m1/s1. The van der Waals surface area contributed by atoms with Crippen molar-refractivity contribution in [3.05, 3.63) is 29.8 Å². The summed E-state index contributed by atoms with van der Waals surface area (Å²) in [5.41, 5.74) is 1.10. The fourth-order valence-electron chi connectivity index (χ4n) is 4.42. The highest BCUT2D eigenvalue weighted by Crippen LogP contribution is 2.39. The van der Waals surface area contributed by atoms with Gasteiger partial charge in [-0.25, -0.2) is 0 Å². The maximum Gasteiger partial charge on any atom is 0.222 e. The number of hydrogen-bond donors (Lipinski definition) is 1. The molecule has 1 spiro atoms. The van der Waals surface area contributed by atoms with E-state index in [9.17, 15) is 14.7 Å². The molecular formula is C21H30N2O4. The molecule has 0 radical (unpaired) electrons. The van der Waals surface area contributed by atoms with E-state index in [1.54, 1.807) is 12.0 Å². The zero-order chi connectivity index (χ0) is 19.3. The fourth-order valence-corrected chi connectivity index (χ4v) is 4.42. The van der Waals surface area contributed by atoms with Gasteiger partial charge in [0.15, 0.2) is 0 Å². The van der Waals surface area contributed by atoms with E-state index < -0.39 is 0 Å². The monoisotopic (exact) mass is 374 g/mol. The van der Waals surface area contributed by atoms with Gasteiger partial charge in [-0.15, -0.1) is 0 Å². The number of methoxy groups -OCH3 is 1. The van der Waals surface area contributed by atoms with Gasteiger partial charge in [0.1, 0.15) is 5.75 Å². The van der Waals surface area contributed by atoms with Crippen molar-refractivity contribution in [2.24, 2.45) is 5.41 Å². The molecule has 6 nitrogen and oxygen atoms in total. The van der Waals surface area contributed by atoms with Crippen LogP contribution in [0, 0.1) is 5.41 Å². The van der Waals surface area contributed by atoms with Gasteiger partial charge in [0.25, 0.3) is 0 Å². The third-order valence-electron chi connectivity index (χ3n) is 5.89. The Hall–Kier alpha value is -2.08. The first kappa shape index (κ1) is 19.7. The average Bonchev–Trinajstić information content (AvgIpc) is 2.69. The number of likely N-dealkylation sites (tertiary alicyclic amines) is 2. The van der Waals surface area contributed by atoms with Crippen molar-refractivity contribution in [3.8, 4) is 5.75 Å². The van der Waals surface area contributed by atoms with Crippen molar-refractivity contribution >= 4 is 11.8 Å². The van der Waals surface area contributed by atoms with Crippen LogP contribution >= 0.6 is 0 Å². The molecular weight excluding hydrogens is 344 g/mol. The number of rotatable bonds is 6. The Balaban J connectivity index is 1.58. The smallest absolute Gasteiger partial charge is 0.222 e. The Kier molecular flexibility index (Phi) is 6.37. The van der Waals surface area contributed by atoms with Gasteiger partial charge in [-0.2, -0.15) is 0 Å². The van der Waals surface area contributed by atoms with Crippen LogP contribution in [-0.4, -0.2) is 66.6 Å². The maximum absolute atomic E-state index is 12.8. The highest BCUT2D eigenvalue weighted by molar-refractivity contribution is 5.78. The van der Waals surface area contributed by atoms with Gasteiger partial charge in [0.2, 0.25) is 11.8 Å². The summed E-state index contributed by atoms with van der Waals surface area (Å²) in [5.74, 6) is 1.12. The number of β-amino-alcohol motifs (C(OH)–C–C–N with tert-alkyl or cyclic N) is 1. The third-order valence-corrected chi connectivity index (χ3v) is 5.89. The SMILES string of the molecule is COc1cccc(CCC(=O)N2CCC[C@@]3(CCC(=O)N(CCO)C3)C2)c1. The number of hydrogen-bond acceptors (Lipinski definition) is 4. The van der Waals surface area contributed by atoms with Gasteiger partial charge < -0.3 is 19.6 Å². The molecule has 6 heteroatoms. The van der Waals surface area contributed by atoms with Gasteiger partial charge in [-0.3, -0.25) is 9.59 Å². The topological polar surface area (TPSA) is 70.1 Å². The van der Waals surface area contributed by atoms with Crippen molar-refractivity contribution in [2.45, 2.75) is 38.5 Å². The van der Waals surface area contributed by atoms with E-state index in [0.29, 0.717) is 32.4 Å². The number of carbonyl (C=O) groups is 2. The number of carbonyl (C=O) groups excluding carboxylic acids is 2. The molecule has 148 valence electrons. The van der Waals surface area contributed by atoms with Crippen LogP contribution in [0.4, 0.5) is 0 Å². The van der Waals surface area contributed by atoms with Crippen molar-refractivity contribution in [1.29, 1.82) is 0 Å². The first-order valence-electron chi connectivity index (χ1n) is 9.85. The second kappa shape index (κ2) is 8.74. The Morgan fingerprint density at radius 1 is 1.30 bits per heavy atom. The quantitative estimate of drug-likeness (QED) is 0.825. The molecule has 0 saturated carbocycles. The van der Waals surface area contributed by atoms with Crippen molar-refractivity contribution in [1.82, 2.24) is 9.80 Å². The van der Waals surface area contributed by atoms with E-state index in [1.165, 1.54) is 0 Å². The minimum absolute atomic E-state index is 0.00699. The van der Waals surface area contributed by atoms with Crippen LogP contribution in [-0.2, 0) is 16.0 Å². The predicted molar refractivity (Wildman–Crippen MR) is 102 cm³/mol. The first-order chi connectivity index (χ1) is 13.0. The van der Waals surface area contributed by atoms with E-state index in [1.807, 2.05) is 29.2 Å². The van der Waals surface area contributed by atoms with Crippen LogP contribution < -0.4 is 4.74 Å². The van der Waals surface area contributed by atoms with Gasteiger partial charge >= 0.3 is 0 Å². The molecule has 1 atom stereocenters. The summed E-state index contributed by atoms with van der Waals surface area (Å²) in [6, 6.07) is 7.85. The highest BCUT2D eigenvalue weighted by Gasteiger charge is 2.42. The molecule has 1 aromatic carbocycles. The Morgan fingerprint density at radius 2 is 2.15 bits per heavy atom. The lowest BCUT2D eigenvalue weighted by Crippen LogP contribution is -2.55. The highest BCUT2D eigenvalue weighted by atomic mass is 16.5. The molecule has 2 aliphatic rings. The van der Waals surface area contributed by atoms with Crippen molar-refractivity contribution in [3.63, 3.8) is 0 Å². The van der Waals surface area contributed by atoms with Crippen LogP contribution in [0.2, 0.25) is 0 Å². The number of aliphatic hydroxyl groups is 1. The summed E-state index contributed by atoms with van der Waals surface area (Å²) < 4.78 is 5.25. The van der Waals surface area contributed by atoms with E-state index in [-0.39, 0.29) is 23.8 Å². The second-order valence-corrected chi connectivity index (χ2v) is 7.81. The molecule has 2 heterocycles. The van der Waals surface area contributed by atoms with Crippen molar-refractivity contribution < 1.29 is 19.4 Å². The van der Waals surface area contributed by atoms with Gasteiger partial charge in [-0.1, -0.05) is 12.1 Å². The normalized spacial score (nSPS) is 23.0. The van der Waals surface area contributed by atoms with Crippen LogP contribution in [0.1, 0.15) is 37.7 Å². The Morgan fingerprint density at radius 3 is 2.93 bits per heavy atom. The third kappa shape index (κ3) is 4.80. The van der Waals surface area contributed by atoms with Crippen molar-refractivity contribution in [2.75, 3.05) is 39.9 Å². The summed E-state index contributed by atoms with van der Waals surface area (Å²) in [7, 11) is 1.65. The number of nitrogens with zero attached hydrogens (tertiary/aromatic N) is 2. The summed E-state index contributed by atoms with van der Waals surface area (Å²) in [6.07, 6.45) is 4.57. The number of benzene rings is 1. The molecule has 2 saturated heterocycles. The molecule has 2 aliphatic heterocycles. The Labute approximate surface area is 161 Å². The number of aryl methyl sites for hydroxylation is 1. The minimum Gasteiger partial charge on any atom is -0.497 e. The number of aliphatic hydroxyl groups excluding tert-OH is 1. The Bertz CT molecular complexity index is 678. The molecule has 0 aromatic heterocycles. The first-order valence-corrected chi connectivity index (χ1v) is 9.85. The zero-order valence-corrected chi connectivity index (χ0v) is 16.2. The maximum atomic E-state index is 12.8. The van der Waals surface area contributed by atoms with Gasteiger partial charge in [0.05, 0.1) is 13.7 Å². The molecule has 1 N–H and O–H groups in total. The van der Waals surface area contributed by atoms with Crippen LogP contribution in [0.3, 0.4) is 0 Å². The largest absolute Gasteiger partial charge is 0.497 e. The van der Waals surface area contributed by atoms with Gasteiger partial charge in [0, 0.05) is 44.4 Å². The lowest BCUT2D eigenvalue weighted by molar-refractivity contribution is -0.143. The van der Waals surface area contributed by atoms with E-state index in [2.05, 4.69) is 0 Å². The average molecular weight is 374 g/mol. The molecule has 2 fully saturated rings. The molecule has 1 aromatic rings. The van der Waals surface area contributed by atoms with E-state index in [0.717, 1.165) is 43.7 Å². The zero-order valence-electron chi connectivity index (χ0n) is 16.2. The van der Waals surface area contributed by atoms with Crippen LogP contribution in [0.15, 0.2) is 24.3 Å². The molecule has 3 rings (SSSR count). The molecule has 0 bridgehead atoms. The lowest BCUT2D eigenvalue weighted by atomic mass is 9.73. The summed E-state index contributed by atoms with van der Waals surface area (Å²) in [6.45, 7) is 2.56. The molecule has 2 amide bonds. The number of ether oxygens (including phenoxy) is 1. The molecule has 0 unspecified atom stereocenters. The molecule has 27 heavy (non-hydrogen) atoms. The van der Waals surface area contributed by atoms with E-state index in [4.69, 9.17) is 4.74 Å². The summed E-state index contributed by atoms with van der Waals surface area (Å²) in [5, 5.41) is 9.21. The minimum atomic E-state index is -0.00893. The molecule has 0 aliphatic carbocycles. The van der Waals surface area contributed by atoms with Gasteiger partial charge in [-0.05, 0) is 43.4 Å². The van der Waals surface area contributed by atoms with E-state index >= 15 is 0 Å². The predicted octanol–water partition coefficient (Wildman–Crippen LogP) is 1.85. The number of amides is 2. The van der Waals surface area contributed by atoms with Crippen LogP contribution in [0.25, 0.3) is 0 Å². The second-order valence-electron chi connectivity index (χ2n) is 7.81. The lowest BCUT2D eigenvalue weighted by Gasteiger charge is -2.48. The summed E-state index contributed by atoms with van der Waals surface area (Å²) in [4.78, 5) is 28.6. The van der Waals surface area contributed by atoms with Crippen LogP contribution in [0.5, 0.6) is 5.75 Å².